The third-order valence-electron chi connectivity index (χ3n) is 2.46. The molecule has 1 aromatic rings. The largest absolute Gasteiger partial charge is 0.505 e. The summed E-state index contributed by atoms with van der Waals surface area (Å²) in [5, 5.41) is 9.47. The van der Waals surface area contributed by atoms with Crippen LogP contribution in [0.2, 0.25) is 0 Å². The molecule has 6 heteroatoms. The summed E-state index contributed by atoms with van der Waals surface area (Å²) in [6.45, 7) is 0.477. The third-order valence-corrected chi connectivity index (χ3v) is 3.29. The van der Waals surface area contributed by atoms with Gasteiger partial charge in [0.05, 0.1) is 12.1 Å². The number of carbonyl (C=O) groups excluding carboxylic acids is 1. The van der Waals surface area contributed by atoms with Crippen molar-refractivity contribution in [1.29, 1.82) is 0 Å². The number of amides is 1. The molecule has 0 spiro atoms. The van der Waals surface area contributed by atoms with Crippen LogP contribution in [0, 0.1) is 3.70 Å². The highest BCUT2D eigenvalue weighted by atomic mass is 127. The van der Waals surface area contributed by atoms with Crippen molar-refractivity contribution in [1.82, 2.24) is 9.88 Å². The van der Waals surface area contributed by atoms with Crippen molar-refractivity contribution in [2.75, 3.05) is 13.1 Å². The summed E-state index contributed by atoms with van der Waals surface area (Å²) < 4.78 is 13.5. The second-order valence-corrected chi connectivity index (χ2v) is 4.72. The van der Waals surface area contributed by atoms with E-state index in [2.05, 4.69) is 4.98 Å². The Morgan fingerprint density at radius 3 is 3.00 bits per heavy atom. The minimum atomic E-state index is -0.313. The number of aromatic nitrogens is 1. The summed E-state index contributed by atoms with van der Waals surface area (Å²) in [5.41, 5.74) is 0.276. The highest BCUT2D eigenvalue weighted by Crippen LogP contribution is 2.20. The van der Waals surface area contributed by atoms with Gasteiger partial charge in [0.25, 0.3) is 5.91 Å². The predicted octanol–water partition coefficient (Wildman–Crippen LogP) is 2.09. The highest BCUT2D eigenvalue weighted by molar-refractivity contribution is 14.1. The van der Waals surface area contributed by atoms with Gasteiger partial charge in [0, 0.05) is 12.7 Å². The van der Waals surface area contributed by atoms with E-state index in [0.717, 1.165) is 0 Å². The molecule has 0 atom stereocenters. The second kappa shape index (κ2) is 4.99. The van der Waals surface area contributed by atoms with Gasteiger partial charge in [-0.25, -0.2) is 9.37 Å². The minimum Gasteiger partial charge on any atom is -0.505 e. The van der Waals surface area contributed by atoms with Gasteiger partial charge in [-0.2, -0.15) is 0 Å². The number of rotatable bonds is 1. The van der Waals surface area contributed by atoms with Crippen LogP contribution >= 0.6 is 22.6 Å². The molecule has 0 aliphatic carbocycles. The normalized spacial score (nSPS) is 15.6. The molecule has 0 saturated heterocycles. The summed E-state index contributed by atoms with van der Waals surface area (Å²) in [6, 6.07) is 1.35. The van der Waals surface area contributed by atoms with Crippen LogP contribution in [-0.4, -0.2) is 34.0 Å². The van der Waals surface area contributed by atoms with E-state index in [4.69, 9.17) is 0 Å². The van der Waals surface area contributed by atoms with E-state index in [-0.39, 0.29) is 29.6 Å². The van der Waals surface area contributed by atoms with E-state index >= 15 is 0 Å². The van der Waals surface area contributed by atoms with Crippen LogP contribution in [0.5, 0.6) is 5.75 Å². The maximum atomic E-state index is 13.1. The Morgan fingerprint density at radius 1 is 1.59 bits per heavy atom. The lowest BCUT2D eigenvalue weighted by molar-refractivity contribution is 0.0754. The molecule has 17 heavy (non-hydrogen) atoms. The van der Waals surface area contributed by atoms with Crippen LogP contribution in [0.4, 0.5) is 4.39 Å². The summed E-state index contributed by atoms with van der Waals surface area (Å²) in [7, 11) is 0. The first-order valence-corrected chi connectivity index (χ1v) is 6.14. The van der Waals surface area contributed by atoms with Crippen molar-refractivity contribution < 1.29 is 14.3 Å². The molecule has 0 saturated carbocycles. The fourth-order valence-electron chi connectivity index (χ4n) is 1.61. The zero-order valence-electron chi connectivity index (χ0n) is 8.86. The zero-order chi connectivity index (χ0) is 12.4. The van der Waals surface area contributed by atoms with Gasteiger partial charge < -0.3 is 10.0 Å². The van der Waals surface area contributed by atoms with Crippen LogP contribution in [0.3, 0.4) is 0 Å². The highest BCUT2D eigenvalue weighted by Gasteiger charge is 2.20. The van der Waals surface area contributed by atoms with Gasteiger partial charge in [-0.15, -0.1) is 0 Å². The van der Waals surface area contributed by atoms with Gasteiger partial charge in [-0.3, -0.25) is 4.79 Å². The molecule has 1 aliphatic heterocycles. The molecule has 0 unspecified atom stereocenters. The van der Waals surface area contributed by atoms with E-state index in [9.17, 15) is 14.3 Å². The van der Waals surface area contributed by atoms with Gasteiger partial charge in [-0.1, -0.05) is 0 Å². The van der Waals surface area contributed by atoms with E-state index < -0.39 is 0 Å². The van der Waals surface area contributed by atoms with E-state index in [0.29, 0.717) is 16.7 Å². The Hall–Kier alpha value is -1.18. The van der Waals surface area contributed by atoms with Crippen LogP contribution < -0.4 is 0 Å². The topological polar surface area (TPSA) is 53.4 Å². The molecule has 0 aromatic carbocycles. The maximum Gasteiger partial charge on any atom is 0.255 e. The zero-order valence-corrected chi connectivity index (χ0v) is 11.0. The standard InChI is InChI=1S/C11H10FIN2O2/c12-8-2-1-3-15(6-8)11(17)7-4-9(16)10(13)14-5-7/h2,4-5,16H,1,3,6H2. The van der Waals surface area contributed by atoms with Gasteiger partial charge in [0.15, 0.2) is 0 Å². The fourth-order valence-corrected chi connectivity index (χ4v) is 1.91. The Bertz CT molecular complexity index is 490. The fraction of sp³-hybridized carbons (Fsp3) is 0.273. The number of halogens is 2. The van der Waals surface area contributed by atoms with E-state index in [1.54, 1.807) is 0 Å². The molecule has 0 radical (unpaired) electrons. The lowest BCUT2D eigenvalue weighted by Crippen LogP contribution is -2.35. The number of nitrogens with zero attached hydrogens (tertiary/aromatic N) is 2. The molecule has 1 aliphatic rings. The Kier molecular flexibility index (Phi) is 3.60. The SMILES string of the molecule is O=C(c1cnc(I)c(O)c1)N1CCC=C(F)C1. The van der Waals surface area contributed by atoms with Gasteiger partial charge in [0.1, 0.15) is 15.3 Å². The number of aromatic hydroxyl groups is 1. The molecule has 1 aromatic heterocycles. The van der Waals surface area contributed by atoms with Crippen molar-refractivity contribution in [2.45, 2.75) is 6.42 Å². The third kappa shape index (κ3) is 2.74. The van der Waals surface area contributed by atoms with Gasteiger partial charge in [-0.05, 0) is 41.2 Å². The maximum absolute atomic E-state index is 13.1. The Balaban J connectivity index is 2.19. The monoisotopic (exact) mass is 348 g/mol. The predicted molar refractivity (Wildman–Crippen MR) is 68.3 cm³/mol. The summed E-state index contributed by atoms with van der Waals surface area (Å²) in [5.74, 6) is -0.649. The van der Waals surface area contributed by atoms with Gasteiger partial charge in [0.2, 0.25) is 0 Å². The molecule has 2 heterocycles. The van der Waals surface area contributed by atoms with Crippen molar-refractivity contribution in [3.63, 3.8) is 0 Å². The molecule has 0 fully saturated rings. The number of pyridine rings is 1. The van der Waals surface area contributed by atoms with Crippen LogP contribution in [0.15, 0.2) is 24.2 Å². The van der Waals surface area contributed by atoms with E-state index in [1.807, 2.05) is 22.6 Å². The van der Waals surface area contributed by atoms with Crippen molar-refractivity contribution in [3.05, 3.63) is 33.4 Å². The first-order valence-electron chi connectivity index (χ1n) is 5.06. The lowest BCUT2D eigenvalue weighted by Gasteiger charge is -2.24. The Labute approximate surface area is 111 Å². The summed E-state index contributed by atoms with van der Waals surface area (Å²) in [6.07, 6.45) is 3.38. The van der Waals surface area contributed by atoms with Crippen LogP contribution in [0.1, 0.15) is 16.8 Å². The average molecular weight is 348 g/mol. The van der Waals surface area contributed by atoms with Gasteiger partial charge >= 0.3 is 0 Å². The minimum absolute atomic E-state index is 0.00835. The van der Waals surface area contributed by atoms with Crippen molar-refractivity contribution >= 4 is 28.5 Å². The summed E-state index contributed by atoms with van der Waals surface area (Å²) in [4.78, 5) is 17.3. The first kappa shape index (κ1) is 12.3. The number of hydrogen-bond acceptors (Lipinski definition) is 3. The molecule has 0 bridgehead atoms. The molecule has 2 rings (SSSR count). The molecule has 1 amide bonds. The molecular weight excluding hydrogens is 338 g/mol. The van der Waals surface area contributed by atoms with Crippen LogP contribution in [-0.2, 0) is 0 Å². The Morgan fingerprint density at radius 2 is 2.35 bits per heavy atom. The van der Waals surface area contributed by atoms with Crippen molar-refractivity contribution in [3.8, 4) is 5.75 Å². The summed E-state index contributed by atoms with van der Waals surface area (Å²) >= 11 is 1.87. The molecule has 1 N–H and O–H groups in total. The van der Waals surface area contributed by atoms with Crippen LogP contribution in [0.25, 0.3) is 0 Å². The first-order chi connectivity index (χ1) is 8.08. The second-order valence-electron chi connectivity index (χ2n) is 3.70. The smallest absolute Gasteiger partial charge is 0.255 e. The number of carbonyl (C=O) groups is 1. The number of hydrogen-bond donors (Lipinski definition) is 1. The quantitative estimate of drug-likeness (QED) is 0.625. The van der Waals surface area contributed by atoms with E-state index in [1.165, 1.54) is 23.2 Å². The average Bonchev–Trinajstić information content (AvgIpc) is 2.32. The molecule has 90 valence electrons. The molecular formula is C11H10FIN2O2. The van der Waals surface area contributed by atoms with Crippen molar-refractivity contribution in [2.24, 2.45) is 0 Å². The molecule has 4 nitrogen and oxygen atoms in total. The lowest BCUT2D eigenvalue weighted by atomic mass is 10.2.